The smallest absolute Gasteiger partial charge is 0.416 e. The van der Waals surface area contributed by atoms with Gasteiger partial charge in [-0.25, -0.2) is 19.1 Å². The fourth-order valence-electron chi connectivity index (χ4n) is 2.19. The average molecular weight is 256 g/mol. The molecule has 3 aromatic rings. The first-order valence-electron chi connectivity index (χ1n) is 5.45. The first kappa shape index (κ1) is 11.2. The Hall–Kier alpha value is -2.89. The molecule has 6 heteroatoms. The molecule has 1 aromatic carbocycles. The molecule has 0 saturated heterocycles. The molecular formula is C13H8N2O4. The number of para-hydroxylation sites is 1. The van der Waals surface area contributed by atoms with Crippen molar-refractivity contribution in [2.75, 3.05) is 0 Å². The van der Waals surface area contributed by atoms with Crippen molar-refractivity contribution in [2.45, 2.75) is 0 Å². The van der Waals surface area contributed by atoms with E-state index in [0.29, 0.717) is 21.8 Å². The van der Waals surface area contributed by atoms with Crippen LogP contribution in [0.5, 0.6) is 0 Å². The summed E-state index contributed by atoms with van der Waals surface area (Å²) in [6, 6.07) is 8.31. The van der Waals surface area contributed by atoms with Gasteiger partial charge in [-0.05, 0) is 12.1 Å². The second-order valence-corrected chi connectivity index (χ2v) is 4.03. The normalized spacial score (nSPS) is 10.9. The molecule has 6 nitrogen and oxygen atoms in total. The van der Waals surface area contributed by atoms with Crippen LogP contribution in [0.15, 0.2) is 36.5 Å². The fraction of sp³-hybridized carbons (Fsp3) is 0. The number of aromatic nitrogens is 2. The van der Waals surface area contributed by atoms with E-state index >= 15 is 0 Å². The minimum atomic E-state index is -1.14. The Morgan fingerprint density at radius 1 is 1.05 bits per heavy atom. The molecule has 0 aliphatic carbocycles. The number of carbonyl (C=O) groups is 2. The van der Waals surface area contributed by atoms with E-state index in [1.807, 2.05) is 0 Å². The zero-order chi connectivity index (χ0) is 13.6. The quantitative estimate of drug-likeness (QED) is 0.697. The van der Waals surface area contributed by atoms with Gasteiger partial charge in [0.25, 0.3) is 0 Å². The molecule has 2 heterocycles. The molecule has 0 spiro atoms. The maximum atomic E-state index is 11.3. The Bertz CT molecular complexity index is 835. The van der Waals surface area contributed by atoms with Crippen LogP contribution in [0.1, 0.15) is 10.5 Å². The monoisotopic (exact) mass is 256 g/mol. The molecule has 2 N–H and O–H groups in total. The van der Waals surface area contributed by atoms with Crippen LogP contribution >= 0.6 is 0 Å². The largest absolute Gasteiger partial charge is 0.477 e. The molecule has 0 saturated carbocycles. The number of nitrogens with zero attached hydrogens (tertiary/aromatic N) is 2. The summed E-state index contributed by atoms with van der Waals surface area (Å²) in [5, 5.41) is 19.5. The Kier molecular flexibility index (Phi) is 2.25. The Morgan fingerprint density at radius 2 is 1.79 bits per heavy atom. The minimum Gasteiger partial charge on any atom is -0.477 e. The molecule has 19 heavy (non-hydrogen) atoms. The first-order valence-corrected chi connectivity index (χ1v) is 5.45. The highest BCUT2D eigenvalue weighted by atomic mass is 16.4. The highest BCUT2D eigenvalue weighted by Gasteiger charge is 2.16. The van der Waals surface area contributed by atoms with Crippen LogP contribution in [0.3, 0.4) is 0 Å². The summed E-state index contributed by atoms with van der Waals surface area (Å²) in [5.74, 6) is -1.14. The number of carboxylic acid groups (broad SMARTS) is 2. The van der Waals surface area contributed by atoms with Crippen molar-refractivity contribution in [3.63, 3.8) is 0 Å². The van der Waals surface area contributed by atoms with Crippen molar-refractivity contribution in [2.24, 2.45) is 0 Å². The van der Waals surface area contributed by atoms with E-state index in [-0.39, 0.29) is 5.69 Å². The lowest BCUT2D eigenvalue weighted by molar-refractivity contribution is 0.0690. The van der Waals surface area contributed by atoms with Crippen LogP contribution in [-0.4, -0.2) is 31.8 Å². The third-order valence-corrected chi connectivity index (χ3v) is 2.97. The zero-order valence-corrected chi connectivity index (χ0v) is 9.57. The van der Waals surface area contributed by atoms with Gasteiger partial charge in [0.05, 0.1) is 17.2 Å². The van der Waals surface area contributed by atoms with Crippen LogP contribution in [0.4, 0.5) is 4.79 Å². The fourth-order valence-corrected chi connectivity index (χ4v) is 2.19. The molecule has 2 aromatic heterocycles. The predicted octanol–water partition coefficient (Wildman–Crippen LogP) is 2.41. The molecular weight excluding hydrogens is 248 g/mol. The molecule has 94 valence electrons. The summed E-state index contributed by atoms with van der Waals surface area (Å²) in [4.78, 5) is 26.0. The van der Waals surface area contributed by atoms with Crippen LogP contribution < -0.4 is 0 Å². The van der Waals surface area contributed by atoms with Gasteiger partial charge in [-0.2, -0.15) is 0 Å². The Labute approximate surface area is 106 Å². The Balaban J connectivity index is 2.52. The summed E-state index contributed by atoms with van der Waals surface area (Å²) in [6.07, 6.45) is 0.142. The number of rotatable bonds is 1. The molecule has 0 aliphatic rings. The second kappa shape index (κ2) is 3.81. The summed E-state index contributed by atoms with van der Waals surface area (Å²) < 4.78 is 1.10. The van der Waals surface area contributed by atoms with E-state index in [1.165, 1.54) is 12.3 Å². The third-order valence-electron chi connectivity index (χ3n) is 2.97. The van der Waals surface area contributed by atoms with E-state index in [1.54, 1.807) is 24.3 Å². The van der Waals surface area contributed by atoms with Crippen LogP contribution in [0.25, 0.3) is 21.8 Å². The number of benzene rings is 1. The van der Waals surface area contributed by atoms with Crippen LogP contribution in [0.2, 0.25) is 0 Å². The number of fused-ring (bicyclic) bond motifs is 3. The van der Waals surface area contributed by atoms with E-state index in [9.17, 15) is 14.7 Å². The van der Waals surface area contributed by atoms with Gasteiger partial charge in [-0.3, -0.25) is 0 Å². The molecule has 0 radical (unpaired) electrons. The van der Waals surface area contributed by atoms with Gasteiger partial charge in [0.2, 0.25) is 0 Å². The lowest BCUT2D eigenvalue weighted by Crippen LogP contribution is -2.07. The van der Waals surface area contributed by atoms with Crippen LogP contribution in [-0.2, 0) is 0 Å². The van der Waals surface area contributed by atoms with Crippen LogP contribution in [0, 0.1) is 0 Å². The number of carboxylic acids is 1. The summed E-state index contributed by atoms with van der Waals surface area (Å²) in [7, 11) is 0. The molecule has 3 rings (SSSR count). The van der Waals surface area contributed by atoms with E-state index in [0.717, 1.165) is 4.57 Å². The van der Waals surface area contributed by atoms with Crippen molar-refractivity contribution >= 4 is 33.9 Å². The first-order chi connectivity index (χ1) is 9.09. The molecule has 0 fully saturated rings. The predicted molar refractivity (Wildman–Crippen MR) is 67.6 cm³/mol. The number of hydrogen-bond donors (Lipinski definition) is 2. The standard InChI is InChI=1S/C13H8N2O4/c16-12(17)9-5-8-7-3-1-2-4-10(7)15(13(18)19)11(8)6-14-9/h1-6H,(H,16,17)(H,18,19). The number of pyridine rings is 1. The molecule has 0 bridgehead atoms. The van der Waals surface area contributed by atoms with Crippen molar-refractivity contribution in [3.8, 4) is 0 Å². The van der Waals surface area contributed by atoms with Crippen molar-refractivity contribution in [3.05, 3.63) is 42.2 Å². The van der Waals surface area contributed by atoms with Gasteiger partial charge in [-0.1, -0.05) is 18.2 Å². The second-order valence-electron chi connectivity index (χ2n) is 4.03. The third kappa shape index (κ3) is 1.54. The Morgan fingerprint density at radius 3 is 2.47 bits per heavy atom. The molecule has 0 amide bonds. The number of aromatic carboxylic acids is 1. The van der Waals surface area contributed by atoms with Gasteiger partial charge in [-0.15, -0.1) is 0 Å². The number of hydrogen-bond acceptors (Lipinski definition) is 3. The minimum absolute atomic E-state index is 0.110. The van der Waals surface area contributed by atoms with Crippen molar-refractivity contribution in [1.82, 2.24) is 9.55 Å². The summed E-state index contributed by atoms with van der Waals surface area (Å²) in [6.45, 7) is 0. The van der Waals surface area contributed by atoms with E-state index < -0.39 is 12.1 Å². The zero-order valence-electron chi connectivity index (χ0n) is 9.57. The van der Waals surface area contributed by atoms with Gasteiger partial charge in [0, 0.05) is 10.8 Å². The maximum absolute atomic E-state index is 11.3. The lowest BCUT2D eigenvalue weighted by Gasteiger charge is -1.99. The lowest BCUT2D eigenvalue weighted by atomic mass is 10.1. The maximum Gasteiger partial charge on any atom is 0.416 e. The topological polar surface area (TPSA) is 92.4 Å². The SMILES string of the molecule is O=C(O)c1cc2c3ccccc3n(C(=O)O)c2cn1. The summed E-state index contributed by atoms with van der Waals surface area (Å²) in [5.41, 5.74) is 0.772. The summed E-state index contributed by atoms with van der Waals surface area (Å²) >= 11 is 0. The van der Waals surface area contributed by atoms with Crippen molar-refractivity contribution < 1.29 is 19.8 Å². The van der Waals surface area contributed by atoms with Gasteiger partial charge >= 0.3 is 12.1 Å². The van der Waals surface area contributed by atoms with E-state index in [2.05, 4.69) is 4.98 Å². The van der Waals surface area contributed by atoms with E-state index in [4.69, 9.17) is 5.11 Å². The average Bonchev–Trinajstić information content (AvgIpc) is 2.72. The highest BCUT2D eigenvalue weighted by molar-refractivity contribution is 6.13. The molecule has 0 unspecified atom stereocenters. The van der Waals surface area contributed by atoms with Gasteiger partial charge < -0.3 is 10.2 Å². The van der Waals surface area contributed by atoms with Gasteiger partial charge in [0.1, 0.15) is 5.69 Å². The van der Waals surface area contributed by atoms with Gasteiger partial charge in [0.15, 0.2) is 0 Å². The molecule has 0 aliphatic heterocycles. The highest BCUT2D eigenvalue weighted by Crippen LogP contribution is 2.28. The molecule has 0 atom stereocenters. The van der Waals surface area contributed by atoms with Crippen molar-refractivity contribution in [1.29, 1.82) is 0 Å².